The number of amidine groups is 1. The highest BCUT2D eigenvalue weighted by Crippen LogP contribution is 2.29. The van der Waals surface area contributed by atoms with Crippen LogP contribution in [0.1, 0.15) is 11.1 Å². The van der Waals surface area contributed by atoms with Gasteiger partial charge in [-0.1, -0.05) is 29.8 Å². The number of fused-ring (bicyclic) bond motifs is 1. The Morgan fingerprint density at radius 2 is 1.92 bits per heavy atom. The third-order valence-corrected chi connectivity index (χ3v) is 6.59. The summed E-state index contributed by atoms with van der Waals surface area (Å²) in [6.45, 7) is 5.14. The standard InChI is InChI=1S/C25H23ClN6O4/c1-14-2-7-17(12-18(14)23-30-31-25(33)36-23)35-24-27-20-13-19(26)21(28-22(20)29-24)15-3-5-16(6-4-15)32-8-10-34-11-9-32/h2-7,12-13,20,22H,8-11H2,1H3,(H,27,29)(H,31,33). The summed E-state index contributed by atoms with van der Waals surface area (Å²) in [5, 5.41) is 9.95. The fourth-order valence-corrected chi connectivity index (χ4v) is 4.69. The minimum Gasteiger partial charge on any atom is -0.426 e. The van der Waals surface area contributed by atoms with Gasteiger partial charge in [-0.2, -0.15) is 0 Å². The number of morpholine rings is 1. The molecule has 0 aliphatic carbocycles. The number of rotatable bonds is 4. The molecule has 0 bridgehead atoms. The fourth-order valence-electron chi connectivity index (χ4n) is 4.39. The molecule has 2 aromatic carbocycles. The molecule has 184 valence electrons. The summed E-state index contributed by atoms with van der Waals surface area (Å²) in [5.74, 6) is 0.0976. The molecule has 1 fully saturated rings. The average molecular weight is 507 g/mol. The number of benzene rings is 2. The van der Waals surface area contributed by atoms with Crippen molar-refractivity contribution in [2.24, 2.45) is 9.98 Å². The molecule has 6 rings (SSSR count). The highest BCUT2D eigenvalue weighted by Gasteiger charge is 2.33. The SMILES string of the molecule is Cc1ccc(OC2=NC3N=C(c4ccc(N5CCOCC5)cc4)C(Cl)=CC3N2)cc1-c1n[nH]c(=O)o1. The topological polar surface area (TPSA) is 117 Å². The number of aliphatic imine (C=N–C) groups is 2. The maximum Gasteiger partial charge on any atom is 0.434 e. The van der Waals surface area contributed by atoms with E-state index in [1.54, 1.807) is 6.07 Å². The van der Waals surface area contributed by atoms with Gasteiger partial charge in [0.25, 0.3) is 6.02 Å². The van der Waals surface area contributed by atoms with Crippen LogP contribution in [0.2, 0.25) is 0 Å². The van der Waals surface area contributed by atoms with E-state index in [1.165, 1.54) is 0 Å². The summed E-state index contributed by atoms with van der Waals surface area (Å²) in [5.41, 5.74) is 4.31. The molecule has 0 spiro atoms. The van der Waals surface area contributed by atoms with Crippen molar-refractivity contribution in [2.75, 3.05) is 31.2 Å². The monoisotopic (exact) mass is 506 g/mol. The zero-order valence-electron chi connectivity index (χ0n) is 19.4. The van der Waals surface area contributed by atoms with E-state index in [2.05, 4.69) is 37.5 Å². The number of ether oxygens (including phenoxy) is 2. The van der Waals surface area contributed by atoms with E-state index in [9.17, 15) is 4.79 Å². The molecule has 2 unspecified atom stereocenters. The number of allylic oxidation sites excluding steroid dienone is 1. The number of aromatic nitrogens is 2. The molecule has 2 N–H and O–H groups in total. The van der Waals surface area contributed by atoms with Crippen molar-refractivity contribution in [3.05, 3.63) is 75.3 Å². The van der Waals surface area contributed by atoms with Crippen LogP contribution >= 0.6 is 11.6 Å². The number of nitrogens with zero attached hydrogens (tertiary/aromatic N) is 4. The molecule has 10 nitrogen and oxygen atoms in total. The van der Waals surface area contributed by atoms with Crippen LogP contribution in [0, 0.1) is 6.92 Å². The highest BCUT2D eigenvalue weighted by atomic mass is 35.5. The van der Waals surface area contributed by atoms with Crippen LogP contribution in [0.5, 0.6) is 5.75 Å². The van der Waals surface area contributed by atoms with Crippen molar-refractivity contribution in [3.63, 3.8) is 0 Å². The first-order chi connectivity index (χ1) is 17.5. The number of aromatic amines is 1. The number of halogens is 1. The van der Waals surface area contributed by atoms with Crippen LogP contribution in [-0.4, -0.2) is 60.4 Å². The molecule has 0 amide bonds. The van der Waals surface area contributed by atoms with Crippen LogP contribution in [-0.2, 0) is 4.74 Å². The van der Waals surface area contributed by atoms with Gasteiger partial charge in [-0.15, -0.1) is 5.10 Å². The Kier molecular flexibility index (Phi) is 5.82. The molecule has 3 aliphatic rings. The van der Waals surface area contributed by atoms with Gasteiger partial charge < -0.3 is 24.1 Å². The Balaban J connectivity index is 1.20. The Hall–Kier alpha value is -3.89. The average Bonchev–Trinajstić information content (AvgIpc) is 3.50. The van der Waals surface area contributed by atoms with Crippen molar-refractivity contribution in [3.8, 4) is 17.2 Å². The fraction of sp³-hybridized carbons (Fsp3) is 0.280. The first kappa shape index (κ1) is 22.6. The quantitative estimate of drug-likeness (QED) is 0.558. The third-order valence-electron chi connectivity index (χ3n) is 6.28. The molecule has 0 radical (unpaired) electrons. The van der Waals surface area contributed by atoms with E-state index < -0.39 is 11.9 Å². The molecule has 3 aliphatic heterocycles. The highest BCUT2D eigenvalue weighted by molar-refractivity contribution is 6.46. The second kappa shape index (κ2) is 9.29. The number of nitrogens with one attached hydrogen (secondary N) is 2. The van der Waals surface area contributed by atoms with E-state index in [4.69, 9.17) is 30.5 Å². The minimum atomic E-state index is -0.616. The maximum absolute atomic E-state index is 11.3. The van der Waals surface area contributed by atoms with Gasteiger partial charge in [0, 0.05) is 29.9 Å². The van der Waals surface area contributed by atoms with Gasteiger partial charge in [0.2, 0.25) is 5.89 Å². The van der Waals surface area contributed by atoms with Gasteiger partial charge in [0.05, 0.1) is 30.0 Å². The van der Waals surface area contributed by atoms with Crippen LogP contribution < -0.4 is 20.7 Å². The molecule has 1 aromatic heterocycles. The summed E-state index contributed by atoms with van der Waals surface area (Å²) >= 11 is 6.61. The lowest BCUT2D eigenvalue weighted by atomic mass is 10.0. The summed E-state index contributed by atoms with van der Waals surface area (Å²) in [4.78, 5) is 23.1. The lowest BCUT2D eigenvalue weighted by Gasteiger charge is -2.29. The predicted octanol–water partition coefficient (Wildman–Crippen LogP) is 2.83. The number of dihydropyridines is 1. The predicted molar refractivity (Wildman–Crippen MR) is 136 cm³/mol. The molecule has 2 atom stereocenters. The Morgan fingerprint density at radius 1 is 1.11 bits per heavy atom. The molecule has 36 heavy (non-hydrogen) atoms. The second-order valence-electron chi connectivity index (χ2n) is 8.65. The summed E-state index contributed by atoms with van der Waals surface area (Å²) in [7, 11) is 0. The summed E-state index contributed by atoms with van der Waals surface area (Å²) in [6.07, 6.45) is 1.51. The lowest BCUT2D eigenvalue weighted by Crippen LogP contribution is -2.37. The van der Waals surface area contributed by atoms with E-state index in [0.29, 0.717) is 28.1 Å². The van der Waals surface area contributed by atoms with Crippen LogP contribution in [0.25, 0.3) is 11.5 Å². The van der Waals surface area contributed by atoms with Crippen LogP contribution in [0.15, 0.2) is 72.8 Å². The van der Waals surface area contributed by atoms with Gasteiger partial charge in [-0.25, -0.2) is 14.9 Å². The van der Waals surface area contributed by atoms with Gasteiger partial charge in [0.1, 0.15) is 5.75 Å². The minimum absolute atomic E-state index is 0.196. The van der Waals surface area contributed by atoms with Gasteiger partial charge in [-0.3, -0.25) is 4.99 Å². The van der Waals surface area contributed by atoms with Crippen molar-refractivity contribution in [2.45, 2.75) is 19.1 Å². The second-order valence-corrected chi connectivity index (χ2v) is 9.06. The van der Waals surface area contributed by atoms with Gasteiger partial charge in [-0.05, 0) is 42.8 Å². The van der Waals surface area contributed by atoms with Crippen molar-refractivity contribution in [1.82, 2.24) is 15.5 Å². The number of H-pyrrole nitrogens is 1. The van der Waals surface area contributed by atoms with E-state index in [-0.39, 0.29) is 11.9 Å². The molecular formula is C25H23ClN6O4. The van der Waals surface area contributed by atoms with E-state index in [0.717, 1.165) is 43.1 Å². The molecule has 1 saturated heterocycles. The number of anilines is 1. The van der Waals surface area contributed by atoms with E-state index >= 15 is 0 Å². The van der Waals surface area contributed by atoms with E-state index in [1.807, 2.05) is 37.3 Å². The largest absolute Gasteiger partial charge is 0.434 e. The first-order valence-corrected chi connectivity index (χ1v) is 12.0. The summed E-state index contributed by atoms with van der Waals surface area (Å²) in [6, 6.07) is 13.8. The van der Waals surface area contributed by atoms with Gasteiger partial charge >= 0.3 is 5.76 Å². The molecule has 3 aromatic rings. The Labute approximate surface area is 211 Å². The molecular weight excluding hydrogens is 484 g/mol. The first-order valence-electron chi connectivity index (χ1n) is 11.6. The van der Waals surface area contributed by atoms with Crippen molar-refractivity contribution < 1.29 is 13.9 Å². The molecule has 4 heterocycles. The summed E-state index contributed by atoms with van der Waals surface area (Å²) < 4.78 is 16.5. The molecule has 0 saturated carbocycles. The number of hydrogen-bond donors (Lipinski definition) is 2. The number of aryl methyl sites for hydroxylation is 1. The third kappa shape index (κ3) is 4.40. The number of hydrogen-bond acceptors (Lipinski definition) is 9. The Bertz CT molecular complexity index is 1440. The van der Waals surface area contributed by atoms with Crippen molar-refractivity contribution in [1.29, 1.82) is 0 Å². The maximum atomic E-state index is 11.3. The Morgan fingerprint density at radius 3 is 2.67 bits per heavy atom. The lowest BCUT2D eigenvalue weighted by molar-refractivity contribution is 0.122. The van der Waals surface area contributed by atoms with Crippen molar-refractivity contribution >= 4 is 29.0 Å². The smallest absolute Gasteiger partial charge is 0.426 e. The van der Waals surface area contributed by atoms with Gasteiger partial charge in [0.15, 0.2) is 6.17 Å². The van der Waals surface area contributed by atoms with Crippen LogP contribution in [0.4, 0.5) is 5.69 Å². The zero-order chi connectivity index (χ0) is 24.6. The zero-order valence-corrected chi connectivity index (χ0v) is 20.2. The molecule has 11 heteroatoms. The normalized spacial score (nSPS) is 21.3. The van der Waals surface area contributed by atoms with Crippen LogP contribution in [0.3, 0.4) is 0 Å².